The first-order valence-corrected chi connectivity index (χ1v) is 8.33. The van der Waals surface area contributed by atoms with Gasteiger partial charge in [-0.05, 0) is 30.3 Å². The molecule has 0 aliphatic carbocycles. The van der Waals surface area contributed by atoms with Gasteiger partial charge in [0.2, 0.25) is 0 Å². The molecule has 124 valence electrons. The lowest BCUT2D eigenvalue weighted by atomic mass is 10.1. The van der Waals surface area contributed by atoms with Crippen LogP contribution in [0.1, 0.15) is 21.6 Å². The number of hydrogen-bond acceptors (Lipinski definition) is 6. The maximum atomic E-state index is 12.1. The van der Waals surface area contributed by atoms with E-state index in [4.69, 9.17) is 14.7 Å². The van der Waals surface area contributed by atoms with Crippen molar-refractivity contribution in [2.45, 2.75) is 6.61 Å². The van der Waals surface area contributed by atoms with Crippen molar-refractivity contribution in [2.24, 2.45) is 0 Å². The average Bonchev–Trinajstić information content (AvgIpc) is 3.15. The molecule has 0 aliphatic rings. The van der Waals surface area contributed by atoms with Gasteiger partial charge in [-0.2, -0.15) is 5.26 Å². The minimum absolute atomic E-state index is 0.0794. The zero-order valence-corrected chi connectivity index (χ0v) is 14.2. The van der Waals surface area contributed by atoms with Gasteiger partial charge in [0.1, 0.15) is 17.4 Å². The molecule has 0 radical (unpaired) electrons. The van der Waals surface area contributed by atoms with Gasteiger partial charge in [-0.25, -0.2) is 9.78 Å². The molecule has 0 fully saturated rings. The highest BCUT2D eigenvalue weighted by atomic mass is 32.1. The van der Waals surface area contributed by atoms with Crippen molar-refractivity contribution in [3.63, 3.8) is 0 Å². The van der Waals surface area contributed by atoms with E-state index in [2.05, 4.69) is 4.98 Å². The summed E-state index contributed by atoms with van der Waals surface area (Å²) >= 11 is 1.47. The van der Waals surface area contributed by atoms with E-state index in [1.54, 1.807) is 25.3 Å². The number of aromatic nitrogens is 1. The maximum absolute atomic E-state index is 12.1. The van der Waals surface area contributed by atoms with Crippen molar-refractivity contribution >= 4 is 17.3 Å². The Morgan fingerprint density at radius 1 is 1.24 bits per heavy atom. The quantitative estimate of drug-likeness (QED) is 0.649. The Morgan fingerprint density at radius 2 is 2.08 bits per heavy atom. The first-order valence-electron chi connectivity index (χ1n) is 7.45. The summed E-state index contributed by atoms with van der Waals surface area (Å²) in [5.74, 6) is 0.283. The predicted octanol–water partition coefficient (Wildman–Crippen LogP) is 4.05. The summed E-state index contributed by atoms with van der Waals surface area (Å²) in [7, 11) is 1.62. The summed E-state index contributed by atoms with van der Waals surface area (Å²) in [6, 6.07) is 16.0. The summed E-state index contributed by atoms with van der Waals surface area (Å²) in [6.45, 7) is 0.0794. The molecule has 0 amide bonds. The molecule has 3 rings (SSSR count). The third kappa shape index (κ3) is 4.03. The summed E-state index contributed by atoms with van der Waals surface area (Å²) in [5, 5.41) is 11.6. The van der Waals surface area contributed by atoms with Crippen molar-refractivity contribution in [1.29, 1.82) is 5.26 Å². The second kappa shape index (κ2) is 7.60. The van der Waals surface area contributed by atoms with E-state index >= 15 is 0 Å². The average molecular weight is 350 g/mol. The number of rotatable bonds is 5. The Kier molecular flexibility index (Phi) is 5.07. The summed E-state index contributed by atoms with van der Waals surface area (Å²) in [4.78, 5) is 16.6. The molecule has 0 N–H and O–H groups in total. The van der Waals surface area contributed by atoms with Crippen LogP contribution in [0.15, 0.2) is 53.9 Å². The second-order valence-electron chi connectivity index (χ2n) is 5.14. The number of nitrogens with zero attached hydrogens (tertiary/aromatic N) is 2. The van der Waals surface area contributed by atoms with Crippen molar-refractivity contribution < 1.29 is 14.3 Å². The third-order valence-corrected chi connectivity index (χ3v) is 4.39. The number of benzene rings is 2. The smallest absolute Gasteiger partial charge is 0.338 e. The zero-order valence-electron chi connectivity index (χ0n) is 13.4. The largest absolute Gasteiger partial charge is 0.497 e. The van der Waals surface area contributed by atoms with Gasteiger partial charge >= 0.3 is 5.97 Å². The van der Waals surface area contributed by atoms with Gasteiger partial charge in [-0.15, -0.1) is 11.3 Å². The monoisotopic (exact) mass is 350 g/mol. The zero-order chi connectivity index (χ0) is 17.6. The van der Waals surface area contributed by atoms with E-state index in [9.17, 15) is 4.79 Å². The lowest BCUT2D eigenvalue weighted by molar-refractivity contribution is 0.0468. The SMILES string of the molecule is COc1cccc(-c2nc(COC(=O)c3cccc(C#N)c3)cs2)c1. The first-order chi connectivity index (χ1) is 12.2. The van der Waals surface area contributed by atoms with Crippen molar-refractivity contribution in [1.82, 2.24) is 4.98 Å². The van der Waals surface area contributed by atoms with Gasteiger partial charge in [0, 0.05) is 10.9 Å². The lowest BCUT2D eigenvalue weighted by Crippen LogP contribution is -2.05. The number of esters is 1. The molecule has 0 aliphatic heterocycles. The minimum atomic E-state index is -0.479. The van der Waals surface area contributed by atoms with Crippen molar-refractivity contribution in [3.05, 3.63) is 70.7 Å². The Morgan fingerprint density at radius 3 is 2.88 bits per heavy atom. The van der Waals surface area contributed by atoms with E-state index in [0.29, 0.717) is 16.8 Å². The van der Waals surface area contributed by atoms with E-state index in [1.807, 2.05) is 35.7 Å². The van der Waals surface area contributed by atoms with Crippen LogP contribution in [0, 0.1) is 11.3 Å². The van der Waals surface area contributed by atoms with Crippen LogP contribution in [0.25, 0.3) is 10.6 Å². The number of hydrogen-bond donors (Lipinski definition) is 0. The fourth-order valence-electron chi connectivity index (χ4n) is 2.20. The van der Waals surface area contributed by atoms with E-state index in [-0.39, 0.29) is 6.61 Å². The fourth-order valence-corrected chi connectivity index (χ4v) is 3.00. The minimum Gasteiger partial charge on any atom is -0.497 e. The number of thiazole rings is 1. The number of carbonyl (C=O) groups is 1. The molecule has 0 spiro atoms. The van der Waals surface area contributed by atoms with Gasteiger partial charge in [-0.3, -0.25) is 0 Å². The van der Waals surface area contributed by atoms with Crippen LogP contribution < -0.4 is 4.74 Å². The van der Waals surface area contributed by atoms with E-state index < -0.39 is 5.97 Å². The molecule has 0 saturated carbocycles. The van der Waals surface area contributed by atoms with Crippen molar-refractivity contribution in [2.75, 3.05) is 7.11 Å². The van der Waals surface area contributed by atoms with Crippen LogP contribution in [0.3, 0.4) is 0 Å². The molecule has 5 nitrogen and oxygen atoms in total. The fraction of sp³-hybridized carbons (Fsp3) is 0.105. The third-order valence-electron chi connectivity index (χ3n) is 3.45. The Bertz CT molecular complexity index is 944. The molecular formula is C19H14N2O3S. The molecule has 0 atom stereocenters. The highest BCUT2D eigenvalue weighted by molar-refractivity contribution is 7.13. The van der Waals surface area contributed by atoms with Gasteiger partial charge in [0.25, 0.3) is 0 Å². The number of ether oxygens (including phenoxy) is 2. The molecule has 6 heteroatoms. The van der Waals surface area contributed by atoms with Crippen LogP contribution in [-0.2, 0) is 11.3 Å². The van der Waals surface area contributed by atoms with Gasteiger partial charge in [-0.1, -0.05) is 18.2 Å². The molecule has 0 bridgehead atoms. The molecule has 1 heterocycles. The Hall–Kier alpha value is -3.17. The highest BCUT2D eigenvalue weighted by Gasteiger charge is 2.11. The number of carbonyl (C=O) groups excluding carboxylic acids is 1. The van der Waals surface area contributed by atoms with Crippen LogP contribution in [-0.4, -0.2) is 18.1 Å². The highest BCUT2D eigenvalue weighted by Crippen LogP contribution is 2.27. The van der Waals surface area contributed by atoms with E-state index in [0.717, 1.165) is 16.3 Å². The van der Waals surface area contributed by atoms with Crippen LogP contribution in [0.4, 0.5) is 0 Å². The lowest BCUT2D eigenvalue weighted by Gasteiger charge is -2.03. The van der Waals surface area contributed by atoms with Gasteiger partial charge in [0.15, 0.2) is 0 Å². The molecule has 1 aromatic heterocycles. The number of methoxy groups -OCH3 is 1. The van der Waals surface area contributed by atoms with Crippen LogP contribution >= 0.6 is 11.3 Å². The van der Waals surface area contributed by atoms with Gasteiger partial charge in [0.05, 0.1) is 30.0 Å². The topological polar surface area (TPSA) is 72.2 Å². The summed E-state index contributed by atoms with van der Waals surface area (Å²) in [5.41, 5.74) is 2.39. The molecule has 2 aromatic carbocycles. The molecular weight excluding hydrogens is 336 g/mol. The standard InChI is InChI=1S/C19H14N2O3S/c1-23-17-7-3-5-14(9-17)18-21-16(12-25-18)11-24-19(22)15-6-2-4-13(8-15)10-20/h2-9,12H,11H2,1H3. The maximum Gasteiger partial charge on any atom is 0.338 e. The molecule has 0 saturated heterocycles. The summed E-state index contributed by atoms with van der Waals surface area (Å²) < 4.78 is 10.5. The molecule has 0 unspecified atom stereocenters. The predicted molar refractivity (Wildman–Crippen MR) is 94.4 cm³/mol. The first kappa shape index (κ1) is 16.7. The number of nitriles is 1. The molecule has 3 aromatic rings. The van der Waals surface area contributed by atoms with E-state index in [1.165, 1.54) is 17.4 Å². The van der Waals surface area contributed by atoms with Gasteiger partial charge < -0.3 is 9.47 Å². The summed E-state index contributed by atoms with van der Waals surface area (Å²) in [6.07, 6.45) is 0. The Balaban J connectivity index is 1.67. The normalized spacial score (nSPS) is 10.1. The van der Waals surface area contributed by atoms with Crippen LogP contribution in [0.2, 0.25) is 0 Å². The van der Waals surface area contributed by atoms with Crippen molar-refractivity contribution in [3.8, 4) is 22.4 Å². The molecule has 25 heavy (non-hydrogen) atoms. The van der Waals surface area contributed by atoms with Crippen LogP contribution in [0.5, 0.6) is 5.75 Å². The Labute approximate surface area is 149 Å². The second-order valence-corrected chi connectivity index (χ2v) is 6.00.